The van der Waals surface area contributed by atoms with E-state index in [0.717, 1.165) is 62.6 Å². The summed E-state index contributed by atoms with van der Waals surface area (Å²) in [4.78, 5) is 15.7. The Kier molecular flexibility index (Phi) is 11.1. The Morgan fingerprint density at radius 1 is 1.08 bits per heavy atom. The Morgan fingerprint density at radius 2 is 1.91 bits per heavy atom. The topological polar surface area (TPSA) is 70.8 Å². The van der Waals surface area contributed by atoms with Gasteiger partial charge in [0, 0.05) is 67.3 Å². The van der Waals surface area contributed by atoms with E-state index in [2.05, 4.69) is 11.5 Å². The molecule has 2 aliphatic heterocycles. The van der Waals surface area contributed by atoms with Gasteiger partial charge in [-0.05, 0) is 86.7 Å². The quantitative estimate of drug-likeness (QED) is 0.0991. The first-order valence-electron chi connectivity index (χ1n) is 18.7. The molecule has 2 aliphatic rings. The first kappa shape index (κ1) is 37.3. The number of aromatic nitrogens is 3. The molecule has 0 radical (unpaired) electrons. The number of fused-ring (bicyclic) bond motifs is 3. The Bertz CT molecular complexity index is 2130. The van der Waals surface area contributed by atoms with Crippen molar-refractivity contribution in [3.05, 3.63) is 82.0 Å². The summed E-state index contributed by atoms with van der Waals surface area (Å²) in [6.45, 7) is 6.02. The minimum Gasteiger partial charge on any atom is -0.493 e. The van der Waals surface area contributed by atoms with Crippen molar-refractivity contribution in [3.8, 4) is 16.9 Å². The number of alkyl halides is 2. The van der Waals surface area contributed by atoms with Crippen LogP contribution < -0.4 is 4.74 Å². The number of esters is 1. The van der Waals surface area contributed by atoms with Gasteiger partial charge in [-0.2, -0.15) is 5.10 Å². The van der Waals surface area contributed by atoms with E-state index >= 15 is 0 Å². The van der Waals surface area contributed by atoms with Crippen molar-refractivity contribution in [2.24, 2.45) is 7.05 Å². The fourth-order valence-electron chi connectivity index (χ4n) is 8.10. The van der Waals surface area contributed by atoms with Crippen molar-refractivity contribution in [3.63, 3.8) is 0 Å². The predicted molar refractivity (Wildman–Crippen MR) is 201 cm³/mol. The molecule has 0 N–H and O–H groups in total. The van der Waals surface area contributed by atoms with Crippen LogP contribution in [-0.4, -0.2) is 70.6 Å². The number of likely N-dealkylation sites (tertiary alicyclic amines) is 1. The first-order valence-corrected chi connectivity index (χ1v) is 19.1. The number of carbonyl (C=O) groups excluding carboxylic acids is 1. The van der Waals surface area contributed by atoms with Crippen LogP contribution in [0, 0.1) is 5.82 Å². The maximum atomic E-state index is 14.1. The zero-order valence-electron chi connectivity index (χ0n) is 30.5. The van der Waals surface area contributed by atoms with Gasteiger partial charge >= 0.3 is 5.97 Å². The second-order valence-electron chi connectivity index (χ2n) is 14.0. The van der Waals surface area contributed by atoms with Crippen molar-refractivity contribution in [2.75, 3.05) is 39.5 Å². The minimum atomic E-state index is -2.67. The molecule has 1 unspecified atom stereocenters. The number of hydrogen-bond acceptors (Lipinski definition) is 6. The molecule has 0 spiro atoms. The largest absolute Gasteiger partial charge is 0.493 e. The van der Waals surface area contributed by atoms with Crippen LogP contribution in [0.4, 0.5) is 13.2 Å². The number of rotatable bonds is 11. The highest BCUT2D eigenvalue weighted by molar-refractivity contribution is 6.35. The summed E-state index contributed by atoms with van der Waals surface area (Å²) >= 11 is 7.21. The smallest absolute Gasteiger partial charge is 0.355 e. The molecule has 7 rings (SSSR count). The van der Waals surface area contributed by atoms with Gasteiger partial charge in [0.15, 0.2) is 0 Å². The number of nitrogens with zero attached hydrogens (tertiary/aromatic N) is 4. The van der Waals surface area contributed by atoms with Crippen LogP contribution in [0.2, 0.25) is 5.02 Å². The van der Waals surface area contributed by atoms with Crippen LogP contribution in [0.1, 0.15) is 79.5 Å². The van der Waals surface area contributed by atoms with E-state index in [4.69, 9.17) is 30.9 Å². The molecule has 0 amide bonds. The van der Waals surface area contributed by atoms with Gasteiger partial charge in [-0.25, -0.2) is 18.0 Å². The summed E-state index contributed by atoms with van der Waals surface area (Å²) in [6.07, 6.45) is 3.17. The molecule has 1 atom stereocenters. The van der Waals surface area contributed by atoms with E-state index in [9.17, 15) is 18.0 Å². The third kappa shape index (κ3) is 7.53. The second kappa shape index (κ2) is 15.7. The van der Waals surface area contributed by atoms with E-state index in [0.29, 0.717) is 75.0 Å². The van der Waals surface area contributed by atoms with Gasteiger partial charge in [0.2, 0.25) is 0 Å². The highest BCUT2D eigenvalue weighted by atomic mass is 35.5. The number of benzene rings is 3. The highest BCUT2D eigenvalue weighted by Crippen LogP contribution is 2.45. The monoisotopic (exact) mass is 750 g/mol. The number of aryl methyl sites for hydroxylation is 3. The van der Waals surface area contributed by atoms with Gasteiger partial charge in [-0.15, -0.1) is 0 Å². The van der Waals surface area contributed by atoms with Crippen LogP contribution in [0.3, 0.4) is 0 Å². The van der Waals surface area contributed by atoms with Crippen LogP contribution in [0.5, 0.6) is 5.75 Å². The summed E-state index contributed by atoms with van der Waals surface area (Å²) in [7, 11) is 1.91. The van der Waals surface area contributed by atoms with Crippen molar-refractivity contribution in [1.29, 1.82) is 0 Å². The maximum absolute atomic E-state index is 14.1. The second-order valence-corrected chi connectivity index (χ2v) is 14.4. The lowest BCUT2D eigenvalue weighted by Gasteiger charge is -2.22. The van der Waals surface area contributed by atoms with Crippen LogP contribution in [0.25, 0.3) is 32.8 Å². The van der Waals surface area contributed by atoms with Gasteiger partial charge in [-0.3, -0.25) is 9.58 Å². The number of hydrogen-bond donors (Lipinski definition) is 0. The Hall–Kier alpha value is -4.06. The van der Waals surface area contributed by atoms with E-state index in [1.54, 1.807) is 17.9 Å². The molecule has 0 bridgehead atoms. The Morgan fingerprint density at radius 3 is 2.68 bits per heavy atom. The zero-order chi connectivity index (χ0) is 37.3. The summed E-state index contributed by atoms with van der Waals surface area (Å²) in [5, 5.41) is 8.04. The molecule has 2 aromatic heterocycles. The van der Waals surface area contributed by atoms with Gasteiger partial charge in [0.1, 0.15) is 23.4 Å². The summed E-state index contributed by atoms with van der Waals surface area (Å²) in [6, 6.07) is 14.1. The normalized spacial score (nSPS) is 17.6. The number of halogens is 4. The Labute approximate surface area is 312 Å². The third-order valence-corrected chi connectivity index (χ3v) is 10.8. The number of carbonyl (C=O) groups is 1. The molecule has 1 saturated heterocycles. The van der Waals surface area contributed by atoms with E-state index in [1.165, 1.54) is 12.1 Å². The van der Waals surface area contributed by atoms with Crippen LogP contribution >= 0.6 is 11.6 Å². The van der Waals surface area contributed by atoms with Crippen LogP contribution in [-0.2, 0) is 35.9 Å². The SMILES string of the molecule is CCOC(=O)c1c(CCCOc2cccc3cc(F)ccc23)c2ccc(Cl)c3c2n1CCCCOC(CCN1CCC(F)(F)C1)c1nn(C)c(CC)c1-3. The predicted octanol–water partition coefficient (Wildman–Crippen LogP) is 9.32. The summed E-state index contributed by atoms with van der Waals surface area (Å²) in [5.74, 6) is -2.70. The maximum Gasteiger partial charge on any atom is 0.355 e. The molecular formula is C41H46ClF3N4O4. The lowest BCUT2D eigenvalue weighted by Crippen LogP contribution is -2.27. The summed E-state index contributed by atoms with van der Waals surface area (Å²) in [5.41, 5.74) is 5.54. The fraction of sp³-hybridized carbons (Fsp3) is 0.463. The molecule has 4 heterocycles. The van der Waals surface area contributed by atoms with Gasteiger partial charge in [0.05, 0.1) is 36.0 Å². The number of ether oxygens (including phenoxy) is 3. The minimum absolute atomic E-state index is 0.135. The molecule has 5 aromatic rings. The molecule has 0 saturated carbocycles. The average molecular weight is 751 g/mol. The van der Waals surface area contributed by atoms with Gasteiger partial charge < -0.3 is 18.8 Å². The van der Waals surface area contributed by atoms with Gasteiger partial charge in [-0.1, -0.05) is 36.7 Å². The van der Waals surface area contributed by atoms with Crippen molar-refractivity contribution in [1.82, 2.24) is 19.2 Å². The standard InChI is InChI=1S/C41H46ClF3N4O4/c1-4-32-36-35-31(42)16-15-30-29(11-9-23-52-33-12-8-10-26-24-27(43)13-14-28(26)33)39(40(50)51-5-2)49(38(30)35)19-6-7-22-53-34(37(36)46-47(32)3)17-20-48-21-18-41(44,45)25-48/h8,10,12-16,24,34H,4-7,9,11,17-23,25H2,1-3H3. The lowest BCUT2D eigenvalue weighted by molar-refractivity contribution is 0.00634. The van der Waals surface area contributed by atoms with E-state index in [-0.39, 0.29) is 25.4 Å². The average Bonchev–Trinajstić information content (AvgIpc) is 3.76. The van der Waals surface area contributed by atoms with Crippen molar-refractivity contribution >= 4 is 39.2 Å². The molecule has 53 heavy (non-hydrogen) atoms. The molecular weight excluding hydrogens is 705 g/mol. The zero-order valence-corrected chi connectivity index (χ0v) is 31.3. The molecule has 12 heteroatoms. The van der Waals surface area contributed by atoms with Crippen molar-refractivity contribution < 1.29 is 32.2 Å². The molecule has 3 aromatic carbocycles. The molecule has 282 valence electrons. The fourth-order valence-corrected chi connectivity index (χ4v) is 8.35. The molecule has 1 fully saturated rings. The van der Waals surface area contributed by atoms with E-state index in [1.807, 2.05) is 42.1 Å². The van der Waals surface area contributed by atoms with E-state index < -0.39 is 18.0 Å². The van der Waals surface area contributed by atoms with Crippen molar-refractivity contribution in [2.45, 2.75) is 77.4 Å². The lowest BCUT2D eigenvalue weighted by atomic mass is 9.94. The van der Waals surface area contributed by atoms with Crippen LogP contribution in [0.15, 0.2) is 48.5 Å². The highest BCUT2D eigenvalue weighted by Gasteiger charge is 2.39. The third-order valence-electron chi connectivity index (χ3n) is 10.5. The summed E-state index contributed by atoms with van der Waals surface area (Å²) < 4.78 is 64.5. The molecule has 8 nitrogen and oxygen atoms in total. The van der Waals surface area contributed by atoms with Gasteiger partial charge in [0.25, 0.3) is 5.92 Å². The first-order chi connectivity index (χ1) is 25.6. The molecule has 0 aliphatic carbocycles. The Balaban J connectivity index is 1.30.